The smallest absolute Gasteiger partial charge is 0.191 e. The predicted molar refractivity (Wildman–Crippen MR) is 83.7 cm³/mol. The van der Waals surface area contributed by atoms with Crippen LogP contribution >= 0.6 is 0 Å². The van der Waals surface area contributed by atoms with Crippen LogP contribution in [-0.2, 0) is 0 Å². The summed E-state index contributed by atoms with van der Waals surface area (Å²) in [5.41, 5.74) is 0. The highest BCUT2D eigenvalue weighted by Gasteiger charge is 2.17. The molecule has 4 heteroatoms. The van der Waals surface area contributed by atoms with Crippen molar-refractivity contribution in [1.82, 2.24) is 15.5 Å². The number of hydrogen-bond donors (Lipinski definition) is 2. The average molecular weight is 268 g/mol. The molecule has 19 heavy (non-hydrogen) atoms. The first-order valence-electron chi connectivity index (χ1n) is 7.89. The Morgan fingerprint density at radius 1 is 1.32 bits per heavy atom. The number of guanidine groups is 1. The molecule has 2 N–H and O–H groups in total. The van der Waals surface area contributed by atoms with E-state index in [-0.39, 0.29) is 0 Å². The van der Waals surface area contributed by atoms with Gasteiger partial charge in [-0.25, -0.2) is 0 Å². The van der Waals surface area contributed by atoms with E-state index in [2.05, 4.69) is 41.3 Å². The van der Waals surface area contributed by atoms with E-state index >= 15 is 0 Å². The molecule has 1 rings (SSSR count). The van der Waals surface area contributed by atoms with E-state index < -0.39 is 0 Å². The molecule has 1 fully saturated rings. The van der Waals surface area contributed by atoms with Crippen LogP contribution in [0.2, 0.25) is 0 Å². The summed E-state index contributed by atoms with van der Waals surface area (Å²) in [5, 5.41) is 6.83. The molecule has 0 spiro atoms. The molecule has 0 saturated carbocycles. The molecule has 112 valence electrons. The average Bonchev–Trinajstić information content (AvgIpc) is 2.46. The van der Waals surface area contributed by atoms with E-state index in [9.17, 15) is 0 Å². The monoisotopic (exact) mass is 268 g/mol. The lowest BCUT2D eigenvalue weighted by atomic mass is 9.93. The zero-order valence-electron chi connectivity index (χ0n) is 13.2. The van der Waals surface area contributed by atoms with Gasteiger partial charge in [0.2, 0.25) is 0 Å². The fourth-order valence-corrected chi connectivity index (χ4v) is 2.52. The number of aliphatic imine (C=N–C) groups is 1. The summed E-state index contributed by atoms with van der Waals surface area (Å²) in [7, 11) is 1.84. The van der Waals surface area contributed by atoms with Gasteiger partial charge in [0.1, 0.15) is 0 Å². The third kappa shape index (κ3) is 6.28. The van der Waals surface area contributed by atoms with Gasteiger partial charge < -0.3 is 15.5 Å². The largest absolute Gasteiger partial charge is 0.356 e. The zero-order chi connectivity index (χ0) is 14.1. The number of nitrogens with one attached hydrogen (secondary N) is 2. The Morgan fingerprint density at radius 2 is 2.00 bits per heavy atom. The highest BCUT2D eigenvalue weighted by molar-refractivity contribution is 5.79. The standard InChI is InChI=1S/C15H32N4/c1-5-13(3)18-15(16-4)17-10-7-14-8-11-19(6-2)12-9-14/h13-14H,5-12H2,1-4H3,(H2,16,17,18). The maximum atomic E-state index is 4.27. The minimum Gasteiger partial charge on any atom is -0.356 e. The van der Waals surface area contributed by atoms with Crippen LogP contribution in [0.5, 0.6) is 0 Å². The third-order valence-corrected chi connectivity index (χ3v) is 4.22. The van der Waals surface area contributed by atoms with Crippen LogP contribution in [0.1, 0.15) is 46.5 Å². The van der Waals surface area contributed by atoms with Crippen molar-refractivity contribution < 1.29 is 0 Å². The SMILES string of the molecule is CCC(C)NC(=NC)NCCC1CCN(CC)CC1. The van der Waals surface area contributed by atoms with Crippen molar-refractivity contribution in [3.8, 4) is 0 Å². The lowest BCUT2D eigenvalue weighted by Gasteiger charge is -2.31. The summed E-state index contributed by atoms with van der Waals surface area (Å²) in [6.07, 6.45) is 5.09. The van der Waals surface area contributed by atoms with Gasteiger partial charge in [0.15, 0.2) is 5.96 Å². The van der Waals surface area contributed by atoms with Gasteiger partial charge in [0, 0.05) is 19.6 Å². The van der Waals surface area contributed by atoms with Gasteiger partial charge in [0.05, 0.1) is 0 Å². The molecule has 0 radical (unpaired) electrons. The molecule has 1 unspecified atom stereocenters. The van der Waals surface area contributed by atoms with Crippen molar-refractivity contribution in [1.29, 1.82) is 0 Å². The minimum atomic E-state index is 0.485. The minimum absolute atomic E-state index is 0.485. The van der Waals surface area contributed by atoms with Crippen LogP contribution in [0.15, 0.2) is 4.99 Å². The Labute approximate surface area is 119 Å². The Balaban J connectivity index is 2.15. The van der Waals surface area contributed by atoms with Gasteiger partial charge in [-0.2, -0.15) is 0 Å². The van der Waals surface area contributed by atoms with Gasteiger partial charge in [-0.15, -0.1) is 0 Å². The fourth-order valence-electron chi connectivity index (χ4n) is 2.52. The maximum absolute atomic E-state index is 4.27. The summed E-state index contributed by atoms with van der Waals surface area (Å²) >= 11 is 0. The first kappa shape index (κ1) is 16.3. The van der Waals surface area contributed by atoms with Gasteiger partial charge >= 0.3 is 0 Å². The lowest BCUT2D eigenvalue weighted by molar-refractivity contribution is 0.187. The van der Waals surface area contributed by atoms with Crippen LogP contribution in [0, 0.1) is 5.92 Å². The molecular formula is C15H32N4. The van der Waals surface area contributed by atoms with Crippen molar-refractivity contribution in [3.63, 3.8) is 0 Å². The molecule has 0 aromatic rings. The van der Waals surface area contributed by atoms with E-state index in [0.717, 1.165) is 24.8 Å². The molecule has 1 atom stereocenters. The lowest BCUT2D eigenvalue weighted by Crippen LogP contribution is -2.43. The Morgan fingerprint density at radius 3 is 2.53 bits per heavy atom. The van der Waals surface area contributed by atoms with E-state index in [4.69, 9.17) is 0 Å². The normalized spacial score (nSPS) is 20.3. The molecule has 1 aliphatic heterocycles. The van der Waals surface area contributed by atoms with E-state index in [0.29, 0.717) is 6.04 Å². The van der Waals surface area contributed by atoms with Crippen molar-refractivity contribution in [3.05, 3.63) is 0 Å². The van der Waals surface area contributed by atoms with E-state index in [1.54, 1.807) is 0 Å². The summed E-state index contributed by atoms with van der Waals surface area (Å²) in [5.74, 6) is 1.83. The van der Waals surface area contributed by atoms with Gasteiger partial charge in [-0.1, -0.05) is 13.8 Å². The van der Waals surface area contributed by atoms with Crippen LogP contribution in [-0.4, -0.2) is 50.1 Å². The molecule has 4 nitrogen and oxygen atoms in total. The van der Waals surface area contributed by atoms with Gasteiger partial charge in [0.25, 0.3) is 0 Å². The van der Waals surface area contributed by atoms with Crippen molar-refractivity contribution >= 4 is 5.96 Å². The molecule has 1 saturated heterocycles. The second-order valence-corrected chi connectivity index (χ2v) is 5.62. The number of nitrogens with zero attached hydrogens (tertiary/aromatic N) is 2. The molecule has 1 heterocycles. The summed E-state index contributed by atoms with van der Waals surface area (Å²) in [6, 6.07) is 0.485. The van der Waals surface area contributed by atoms with Crippen LogP contribution in [0.4, 0.5) is 0 Å². The second-order valence-electron chi connectivity index (χ2n) is 5.62. The molecule has 0 bridgehead atoms. The summed E-state index contributed by atoms with van der Waals surface area (Å²) < 4.78 is 0. The first-order chi connectivity index (χ1) is 9.19. The molecule has 0 aromatic carbocycles. The summed E-state index contributed by atoms with van der Waals surface area (Å²) in [6.45, 7) is 11.4. The zero-order valence-corrected chi connectivity index (χ0v) is 13.2. The summed E-state index contributed by atoms with van der Waals surface area (Å²) in [4.78, 5) is 6.82. The first-order valence-corrected chi connectivity index (χ1v) is 7.89. The highest BCUT2D eigenvalue weighted by atomic mass is 15.2. The quantitative estimate of drug-likeness (QED) is 0.572. The van der Waals surface area contributed by atoms with E-state index in [1.165, 1.54) is 38.9 Å². The van der Waals surface area contributed by atoms with Gasteiger partial charge in [-0.05, 0) is 58.2 Å². The number of hydrogen-bond acceptors (Lipinski definition) is 2. The van der Waals surface area contributed by atoms with Crippen LogP contribution in [0.3, 0.4) is 0 Å². The van der Waals surface area contributed by atoms with Crippen LogP contribution < -0.4 is 10.6 Å². The topological polar surface area (TPSA) is 39.7 Å². The number of rotatable bonds is 6. The molecule has 0 aromatic heterocycles. The Bertz CT molecular complexity index is 257. The number of likely N-dealkylation sites (tertiary alicyclic amines) is 1. The molecule has 1 aliphatic rings. The number of piperidine rings is 1. The third-order valence-electron chi connectivity index (χ3n) is 4.22. The molecular weight excluding hydrogens is 236 g/mol. The Hall–Kier alpha value is -0.770. The Kier molecular flexibility index (Phi) is 7.87. The van der Waals surface area contributed by atoms with E-state index in [1.807, 2.05) is 7.05 Å². The molecule has 0 aliphatic carbocycles. The van der Waals surface area contributed by atoms with Crippen LogP contribution in [0.25, 0.3) is 0 Å². The highest BCUT2D eigenvalue weighted by Crippen LogP contribution is 2.19. The van der Waals surface area contributed by atoms with Crippen molar-refractivity contribution in [2.24, 2.45) is 10.9 Å². The molecule has 0 amide bonds. The second kappa shape index (κ2) is 9.18. The van der Waals surface area contributed by atoms with Crippen molar-refractivity contribution in [2.45, 2.75) is 52.5 Å². The predicted octanol–water partition coefficient (Wildman–Crippen LogP) is 2.07. The maximum Gasteiger partial charge on any atom is 0.191 e. The van der Waals surface area contributed by atoms with Crippen molar-refractivity contribution in [2.75, 3.05) is 33.2 Å². The van der Waals surface area contributed by atoms with Gasteiger partial charge in [-0.3, -0.25) is 4.99 Å². The fraction of sp³-hybridized carbons (Fsp3) is 0.933.